The van der Waals surface area contributed by atoms with Gasteiger partial charge in [-0.3, -0.25) is 9.59 Å². The minimum Gasteiger partial charge on any atom is -0.494 e. The van der Waals surface area contributed by atoms with Gasteiger partial charge in [0.15, 0.2) is 5.82 Å². The number of amides is 1. The van der Waals surface area contributed by atoms with Crippen LogP contribution >= 0.6 is 22.9 Å². The molecule has 9 heteroatoms. The van der Waals surface area contributed by atoms with Gasteiger partial charge in [0.25, 0.3) is 11.5 Å². The molecule has 5 aromatic rings. The monoisotopic (exact) mass is 556 g/mol. The average molecular weight is 557 g/mol. The zero-order chi connectivity index (χ0) is 26.9. The smallest absolute Gasteiger partial charge is 0.291 e. The van der Waals surface area contributed by atoms with Crippen LogP contribution in [-0.2, 0) is 11.3 Å². The Morgan fingerprint density at radius 1 is 0.949 bits per heavy atom. The molecule has 0 saturated heterocycles. The Bertz CT molecular complexity index is 1780. The molecular weight excluding hydrogens is 532 g/mol. The van der Waals surface area contributed by atoms with Gasteiger partial charge in [0.2, 0.25) is 4.96 Å². The van der Waals surface area contributed by atoms with E-state index in [-0.39, 0.29) is 11.5 Å². The number of aromatic nitrogens is 3. The second kappa shape index (κ2) is 10.6. The van der Waals surface area contributed by atoms with E-state index in [1.807, 2.05) is 60.7 Å². The summed E-state index contributed by atoms with van der Waals surface area (Å²) in [5.74, 6) is 1.03. The molecule has 1 aliphatic heterocycles. The molecule has 1 aliphatic rings. The summed E-state index contributed by atoms with van der Waals surface area (Å²) in [4.78, 5) is 33.9. The maximum Gasteiger partial charge on any atom is 0.291 e. The van der Waals surface area contributed by atoms with Crippen molar-refractivity contribution in [1.29, 1.82) is 0 Å². The van der Waals surface area contributed by atoms with Crippen molar-refractivity contribution in [2.45, 2.75) is 32.7 Å². The molecule has 0 radical (unpaired) electrons. The second-order valence-corrected chi connectivity index (χ2v) is 10.8. The average Bonchev–Trinajstić information content (AvgIpc) is 3.59. The first-order chi connectivity index (χ1) is 19.0. The number of hydrogen-bond donors (Lipinski definition) is 0. The van der Waals surface area contributed by atoms with Gasteiger partial charge in [-0.2, -0.15) is 9.50 Å². The number of unbranched alkanes of at least 4 members (excludes halogenated alkanes) is 2. The van der Waals surface area contributed by atoms with E-state index in [1.54, 1.807) is 17.0 Å². The molecule has 7 nitrogen and oxygen atoms in total. The van der Waals surface area contributed by atoms with Gasteiger partial charge in [0, 0.05) is 16.1 Å². The van der Waals surface area contributed by atoms with E-state index >= 15 is 0 Å². The zero-order valence-corrected chi connectivity index (χ0v) is 22.8. The van der Waals surface area contributed by atoms with Crippen LogP contribution in [0.5, 0.6) is 5.75 Å². The fraction of sp³-hybridized carbons (Fsp3) is 0.200. The number of carbonyl (C=O) groups excluding carboxylic acids is 1. The molecular formula is C30H25ClN4O3S. The molecule has 2 aromatic heterocycles. The highest BCUT2D eigenvalue weighted by Crippen LogP contribution is 2.36. The lowest BCUT2D eigenvalue weighted by molar-refractivity contribution is -0.113. The first kappa shape index (κ1) is 25.3. The van der Waals surface area contributed by atoms with Crippen molar-refractivity contribution in [1.82, 2.24) is 14.6 Å². The van der Waals surface area contributed by atoms with Gasteiger partial charge >= 0.3 is 0 Å². The number of para-hydroxylation sites is 1. The number of halogens is 1. The standard InChI is InChI=1S/C30H25ClN4O3S/c1-2-3-6-17-38-22-15-11-20(12-16-22)27-32-30-35(33-27)29(37)26(39-30)25-23-7-4-5-8-24(23)34(28(25)36)18-19-9-13-21(31)14-10-19/h4-5,7-16H,2-3,6,17-18H2,1H3. The molecule has 0 unspecified atom stereocenters. The van der Waals surface area contributed by atoms with Crippen LogP contribution in [0, 0.1) is 0 Å². The Hall–Kier alpha value is -4.01. The summed E-state index contributed by atoms with van der Waals surface area (Å²) >= 11 is 7.22. The van der Waals surface area contributed by atoms with Gasteiger partial charge in [0.05, 0.1) is 24.4 Å². The van der Waals surface area contributed by atoms with E-state index in [9.17, 15) is 9.59 Å². The minimum atomic E-state index is -0.351. The Labute approximate surface area is 233 Å². The second-order valence-electron chi connectivity index (χ2n) is 9.36. The summed E-state index contributed by atoms with van der Waals surface area (Å²) in [6.45, 7) is 3.22. The van der Waals surface area contributed by atoms with E-state index in [4.69, 9.17) is 16.3 Å². The molecule has 39 heavy (non-hydrogen) atoms. The Balaban J connectivity index is 1.33. The molecule has 0 fully saturated rings. The third-order valence-corrected chi connectivity index (χ3v) is 7.97. The highest BCUT2D eigenvalue weighted by atomic mass is 35.5. The fourth-order valence-electron chi connectivity index (χ4n) is 4.68. The number of thiazole rings is 1. The lowest BCUT2D eigenvalue weighted by atomic mass is 10.1. The molecule has 0 N–H and O–H groups in total. The zero-order valence-electron chi connectivity index (χ0n) is 21.3. The van der Waals surface area contributed by atoms with Crippen molar-refractivity contribution < 1.29 is 9.53 Å². The Morgan fingerprint density at radius 2 is 1.72 bits per heavy atom. The SMILES string of the molecule is CCCCCOc1ccc(-c2nc3sc(=C4C(=O)N(Cc5ccc(Cl)cc5)c5ccccc54)c(=O)n3n2)cc1. The summed E-state index contributed by atoms with van der Waals surface area (Å²) in [5, 5.41) is 5.11. The molecule has 0 spiro atoms. The number of anilines is 1. The predicted molar refractivity (Wildman–Crippen MR) is 154 cm³/mol. The molecule has 3 aromatic carbocycles. The third kappa shape index (κ3) is 4.82. The van der Waals surface area contributed by atoms with Crippen LogP contribution in [0.3, 0.4) is 0 Å². The number of ether oxygens (including phenoxy) is 1. The number of nitrogens with zero attached hydrogens (tertiary/aromatic N) is 4. The van der Waals surface area contributed by atoms with E-state index in [2.05, 4.69) is 17.0 Å². The maximum atomic E-state index is 13.7. The van der Waals surface area contributed by atoms with Crippen molar-refractivity contribution in [3.05, 3.63) is 104 Å². The van der Waals surface area contributed by atoms with Crippen molar-refractivity contribution in [2.75, 3.05) is 11.5 Å². The molecule has 0 atom stereocenters. The predicted octanol–water partition coefficient (Wildman–Crippen LogP) is 5.51. The quantitative estimate of drug-likeness (QED) is 0.236. The largest absolute Gasteiger partial charge is 0.494 e. The molecule has 0 bridgehead atoms. The van der Waals surface area contributed by atoms with Gasteiger partial charge in [-0.05, 0) is 54.4 Å². The first-order valence-electron chi connectivity index (χ1n) is 12.9. The van der Waals surface area contributed by atoms with Crippen molar-refractivity contribution >= 4 is 45.1 Å². The van der Waals surface area contributed by atoms with Crippen LogP contribution in [0.1, 0.15) is 37.3 Å². The summed E-state index contributed by atoms with van der Waals surface area (Å²) in [6.07, 6.45) is 3.32. The van der Waals surface area contributed by atoms with Crippen LogP contribution in [-0.4, -0.2) is 27.1 Å². The normalized spacial score (nSPS) is 14.3. The van der Waals surface area contributed by atoms with Crippen LogP contribution in [0.25, 0.3) is 21.9 Å². The molecule has 3 heterocycles. The summed E-state index contributed by atoms with van der Waals surface area (Å²) in [7, 11) is 0. The topological polar surface area (TPSA) is 76.8 Å². The number of rotatable bonds is 8. The van der Waals surface area contributed by atoms with Gasteiger partial charge in [-0.1, -0.05) is 73.0 Å². The lowest BCUT2D eigenvalue weighted by Gasteiger charge is -2.17. The molecule has 1 amide bonds. The lowest BCUT2D eigenvalue weighted by Crippen LogP contribution is -2.32. The van der Waals surface area contributed by atoms with E-state index in [1.165, 1.54) is 15.9 Å². The Morgan fingerprint density at radius 3 is 2.46 bits per heavy atom. The van der Waals surface area contributed by atoms with Crippen molar-refractivity contribution in [2.24, 2.45) is 0 Å². The summed E-state index contributed by atoms with van der Waals surface area (Å²) < 4.78 is 7.41. The molecule has 196 valence electrons. The van der Waals surface area contributed by atoms with Crippen LogP contribution in [0.15, 0.2) is 77.6 Å². The summed E-state index contributed by atoms with van der Waals surface area (Å²) in [6, 6.07) is 22.5. The minimum absolute atomic E-state index is 0.220. The van der Waals surface area contributed by atoms with Gasteiger partial charge in [-0.15, -0.1) is 5.10 Å². The highest BCUT2D eigenvalue weighted by molar-refractivity contribution is 7.15. The molecule has 0 aliphatic carbocycles. The van der Waals surface area contributed by atoms with Gasteiger partial charge < -0.3 is 9.64 Å². The number of carbonyl (C=O) groups is 1. The number of fused-ring (bicyclic) bond motifs is 2. The van der Waals surface area contributed by atoms with E-state index in [0.717, 1.165) is 47.4 Å². The number of benzene rings is 3. The van der Waals surface area contributed by atoms with Crippen LogP contribution in [0.4, 0.5) is 5.69 Å². The molecule has 0 saturated carbocycles. The Kier molecular flexibility index (Phi) is 6.89. The molecule has 6 rings (SSSR count). The third-order valence-electron chi connectivity index (χ3n) is 6.69. The van der Waals surface area contributed by atoms with Crippen LogP contribution in [0.2, 0.25) is 5.02 Å². The van der Waals surface area contributed by atoms with Gasteiger partial charge in [-0.25, -0.2) is 0 Å². The van der Waals surface area contributed by atoms with Gasteiger partial charge in [0.1, 0.15) is 10.3 Å². The summed E-state index contributed by atoms with van der Waals surface area (Å²) in [5.41, 5.74) is 3.26. The van der Waals surface area contributed by atoms with Crippen molar-refractivity contribution in [3.8, 4) is 17.1 Å². The fourth-order valence-corrected chi connectivity index (χ4v) is 5.80. The van der Waals surface area contributed by atoms with Crippen LogP contribution < -0.4 is 19.7 Å². The van der Waals surface area contributed by atoms with E-state index < -0.39 is 0 Å². The maximum absolute atomic E-state index is 13.7. The first-order valence-corrected chi connectivity index (χ1v) is 14.1. The van der Waals surface area contributed by atoms with Crippen molar-refractivity contribution in [3.63, 3.8) is 0 Å². The number of hydrogen-bond acceptors (Lipinski definition) is 6. The highest BCUT2D eigenvalue weighted by Gasteiger charge is 2.34. The van der Waals surface area contributed by atoms with E-state index in [0.29, 0.717) is 39.1 Å².